The van der Waals surface area contributed by atoms with Crippen molar-refractivity contribution in [2.75, 3.05) is 33.9 Å². The number of hydrogen-bond acceptors (Lipinski definition) is 3. The third-order valence-electron chi connectivity index (χ3n) is 3.03. The van der Waals surface area contributed by atoms with E-state index in [2.05, 4.69) is 24.1 Å². The van der Waals surface area contributed by atoms with Crippen LogP contribution in [0.2, 0.25) is 0 Å². The normalized spacial score (nSPS) is 27.6. The van der Waals surface area contributed by atoms with Crippen molar-refractivity contribution in [1.29, 1.82) is 0 Å². The summed E-state index contributed by atoms with van der Waals surface area (Å²) in [5, 5.41) is 0. The Hall–Kier alpha value is -0.900. The lowest BCUT2D eigenvalue weighted by Gasteiger charge is -2.25. The fraction of sp³-hybridized carbons (Fsp3) is 0.538. The van der Waals surface area contributed by atoms with Gasteiger partial charge >= 0.3 is 0 Å². The number of hydrogen-bond donors (Lipinski definition) is 0. The highest BCUT2D eigenvalue weighted by molar-refractivity contribution is 5.19. The van der Waals surface area contributed by atoms with Gasteiger partial charge in [0.25, 0.3) is 0 Å². The van der Waals surface area contributed by atoms with Crippen LogP contribution in [0.25, 0.3) is 0 Å². The zero-order chi connectivity index (χ0) is 11.4. The molecule has 1 saturated heterocycles. The van der Waals surface area contributed by atoms with Crippen molar-refractivity contribution in [2.24, 2.45) is 0 Å². The minimum atomic E-state index is 0.0520. The Morgan fingerprint density at radius 3 is 2.75 bits per heavy atom. The van der Waals surface area contributed by atoms with Gasteiger partial charge in [-0.2, -0.15) is 0 Å². The summed E-state index contributed by atoms with van der Waals surface area (Å²) < 4.78 is 11.4. The van der Waals surface area contributed by atoms with Gasteiger partial charge in [0.15, 0.2) is 0 Å². The molecule has 0 saturated carbocycles. The Balaban J connectivity index is 2.17. The Morgan fingerprint density at radius 2 is 2.06 bits per heavy atom. The van der Waals surface area contributed by atoms with Gasteiger partial charge in [-0.3, -0.25) is 0 Å². The zero-order valence-corrected chi connectivity index (χ0v) is 9.93. The van der Waals surface area contributed by atoms with E-state index >= 15 is 0 Å². The lowest BCUT2D eigenvalue weighted by molar-refractivity contribution is -0.0427. The van der Waals surface area contributed by atoms with Crippen molar-refractivity contribution >= 4 is 0 Å². The summed E-state index contributed by atoms with van der Waals surface area (Å²) in [4.78, 5) is 2.25. The summed E-state index contributed by atoms with van der Waals surface area (Å²) >= 11 is 0. The molecule has 0 spiro atoms. The summed E-state index contributed by atoms with van der Waals surface area (Å²) in [6, 6.07) is 10.3. The van der Waals surface area contributed by atoms with Gasteiger partial charge in [0.1, 0.15) is 12.2 Å². The van der Waals surface area contributed by atoms with E-state index in [1.165, 1.54) is 5.56 Å². The fourth-order valence-corrected chi connectivity index (χ4v) is 2.09. The number of ether oxygens (including phenoxy) is 2. The molecule has 1 fully saturated rings. The molecule has 0 aliphatic carbocycles. The fourth-order valence-electron chi connectivity index (χ4n) is 2.09. The summed E-state index contributed by atoms with van der Waals surface area (Å²) in [5.74, 6) is 0. The van der Waals surface area contributed by atoms with E-state index in [1.54, 1.807) is 7.11 Å². The van der Waals surface area contributed by atoms with E-state index in [-0.39, 0.29) is 12.2 Å². The van der Waals surface area contributed by atoms with E-state index in [0.29, 0.717) is 0 Å². The minimum absolute atomic E-state index is 0.0520. The van der Waals surface area contributed by atoms with Gasteiger partial charge in [0.05, 0.1) is 6.61 Å². The van der Waals surface area contributed by atoms with Crippen LogP contribution in [-0.4, -0.2) is 44.9 Å². The number of nitrogens with zero attached hydrogens (tertiary/aromatic N) is 1. The second-order valence-corrected chi connectivity index (χ2v) is 4.24. The molecule has 0 amide bonds. The van der Waals surface area contributed by atoms with E-state index in [4.69, 9.17) is 9.47 Å². The van der Waals surface area contributed by atoms with Crippen LogP contribution in [0.1, 0.15) is 11.7 Å². The molecule has 1 unspecified atom stereocenters. The summed E-state index contributed by atoms with van der Waals surface area (Å²) in [6.07, 6.45) is 0.158. The highest BCUT2D eigenvalue weighted by Crippen LogP contribution is 2.25. The first kappa shape index (κ1) is 11.6. The maximum Gasteiger partial charge on any atom is 0.110 e. The average Bonchev–Trinajstić information content (AvgIpc) is 2.51. The molecule has 0 radical (unpaired) electrons. The van der Waals surface area contributed by atoms with Crippen LogP contribution in [0.15, 0.2) is 30.3 Å². The topological polar surface area (TPSA) is 21.7 Å². The van der Waals surface area contributed by atoms with Crippen molar-refractivity contribution in [3.8, 4) is 0 Å². The molecule has 0 aromatic heterocycles. The van der Waals surface area contributed by atoms with Gasteiger partial charge in [-0.15, -0.1) is 0 Å². The molecule has 2 atom stereocenters. The number of likely N-dealkylation sites (N-methyl/N-ethyl adjacent to an activating group) is 1. The van der Waals surface area contributed by atoms with Crippen molar-refractivity contribution in [3.05, 3.63) is 35.9 Å². The van der Waals surface area contributed by atoms with E-state index in [0.717, 1.165) is 19.7 Å². The molecular formula is C13H19NO2. The standard InChI is InChI=1S/C13H19NO2/c1-14-8-9-16-13(12(10-14)15-2)11-6-4-3-5-7-11/h3-7,12-13H,8-10H2,1-2H3/t12-,13?/m0/s1. The minimum Gasteiger partial charge on any atom is -0.377 e. The van der Waals surface area contributed by atoms with E-state index in [1.807, 2.05) is 18.2 Å². The van der Waals surface area contributed by atoms with Crippen LogP contribution in [0.4, 0.5) is 0 Å². The highest BCUT2D eigenvalue weighted by atomic mass is 16.5. The molecular weight excluding hydrogens is 202 g/mol. The van der Waals surface area contributed by atoms with Crippen LogP contribution < -0.4 is 0 Å². The largest absolute Gasteiger partial charge is 0.377 e. The third-order valence-corrected chi connectivity index (χ3v) is 3.03. The maximum absolute atomic E-state index is 5.90. The first-order valence-electron chi connectivity index (χ1n) is 5.69. The molecule has 2 rings (SSSR count). The van der Waals surface area contributed by atoms with Crippen LogP contribution in [-0.2, 0) is 9.47 Å². The predicted octanol–water partition coefficient (Wildman–Crippen LogP) is 1.70. The summed E-state index contributed by atoms with van der Waals surface area (Å²) in [6.45, 7) is 2.63. The molecule has 3 heteroatoms. The second-order valence-electron chi connectivity index (χ2n) is 4.24. The first-order chi connectivity index (χ1) is 7.81. The smallest absolute Gasteiger partial charge is 0.110 e. The van der Waals surface area contributed by atoms with Crippen molar-refractivity contribution < 1.29 is 9.47 Å². The summed E-state index contributed by atoms with van der Waals surface area (Å²) in [5.41, 5.74) is 1.20. The third kappa shape index (κ3) is 2.61. The Bertz CT molecular complexity index is 315. The Morgan fingerprint density at radius 1 is 1.31 bits per heavy atom. The van der Waals surface area contributed by atoms with Gasteiger partial charge in [0.2, 0.25) is 0 Å². The zero-order valence-electron chi connectivity index (χ0n) is 9.93. The molecule has 1 aliphatic heterocycles. The monoisotopic (exact) mass is 221 g/mol. The molecule has 0 bridgehead atoms. The average molecular weight is 221 g/mol. The van der Waals surface area contributed by atoms with E-state index < -0.39 is 0 Å². The van der Waals surface area contributed by atoms with Crippen molar-refractivity contribution in [1.82, 2.24) is 4.90 Å². The quantitative estimate of drug-likeness (QED) is 0.759. The Labute approximate surface area is 97.0 Å². The van der Waals surface area contributed by atoms with Crippen LogP contribution >= 0.6 is 0 Å². The van der Waals surface area contributed by atoms with Gasteiger partial charge in [-0.05, 0) is 12.6 Å². The number of methoxy groups -OCH3 is 1. The van der Waals surface area contributed by atoms with E-state index in [9.17, 15) is 0 Å². The van der Waals surface area contributed by atoms with Crippen LogP contribution in [0.3, 0.4) is 0 Å². The van der Waals surface area contributed by atoms with Gasteiger partial charge in [0, 0.05) is 20.2 Å². The molecule has 16 heavy (non-hydrogen) atoms. The predicted molar refractivity (Wildman–Crippen MR) is 63.4 cm³/mol. The first-order valence-corrected chi connectivity index (χ1v) is 5.69. The van der Waals surface area contributed by atoms with Crippen molar-refractivity contribution in [2.45, 2.75) is 12.2 Å². The van der Waals surface area contributed by atoms with Gasteiger partial charge in [-0.25, -0.2) is 0 Å². The lowest BCUT2D eigenvalue weighted by Crippen LogP contribution is -2.32. The summed E-state index contributed by atoms with van der Waals surface area (Å²) in [7, 11) is 3.85. The molecule has 1 aromatic rings. The SMILES string of the molecule is CO[C@H]1CN(C)CCOC1c1ccccc1. The van der Waals surface area contributed by atoms with Gasteiger partial charge in [-0.1, -0.05) is 30.3 Å². The number of rotatable bonds is 2. The highest BCUT2D eigenvalue weighted by Gasteiger charge is 2.27. The maximum atomic E-state index is 5.90. The van der Waals surface area contributed by atoms with Crippen LogP contribution in [0, 0.1) is 0 Å². The Kier molecular flexibility index (Phi) is 3.93. The van der Waals surface area contributed by atoms with Gasteiger partial charge < -0.3 is 14.4 Å². The number of benzene rings is 1. The van der Waals surface area contributed by atoms with Crippen molar-refractivity contribution in [3.63, 3.8) is 0 Å². The lowest BCUT2D eigenvalue weighted by atomic mass is 10.0. The van der Waals surface area contributed by atoms with Crippen LogP contribution in [0.5, 0.6) is 0 Å². The molecule has 1 heterocycles. The molecule has 1 aliphatic rings. The molecule has 0 N–H and O–H groups in total. The molecule has 3 nitrogen and oxygen atoms in total. The second kappa shape index (κ2) is 5.43. The molecule has 88 valence electrons. The molecule has 1 aromatic carbocycles.